The van der Waals surface area contributed by atoms with E-state index in [1.54, 1.807) is 0 Å². The van der Waals surface area contributed by atoms with Crippen molar-refractivity contribution in [1.29, 1.82) is 0 Å². The Morgan fingerprint density at radius 1 is 1.62 bits per heavy atom. The van der Waals surface area contributed by atoms with Crippen LogP contribution in [-0.2, 0) is 14.3 Å². The molecule has 2 aliphatic heterocycles. The van der Waals surface area contributed by atoms with Crippen molar-refractivity contribution in [2.24, 2.45) is 0 Å². The van der Waals surface area contributed by atoms with Crippen LogP contribution in [0.4, 0.5) is 0 Å². The standard InChI is InChI=1S/C8H13NO7/c1-4(16-9(12)13)8(11)3-15-6-5(10)2-14-7(6)8/h4-7,10-11H,2-3H2,1H3/t4?,5-,6+,7-,8+/m0/s1. The fourth-order valence-corrected chi connectivity index (χ4v) is 2.10. The summed E-state index contributed by atoms with van der Waals surface area (Å²) in [6, 6.07) is 0. The smallest absolute Gasteiger partial charge is 0.294 e. The molecule has 0 aromatic carbocycles. The molecule has 0 aromatic heterocycles. The van der Waals surface area contributed by atoms with Gasteiger partial charge in [-0.3, -0.25) is 0 Å². The monoisotopic (exact) mass is 235 g/mol. The fourth-order valence-electron chi connectivity index (χ4n) is 2.10. The van der Waals surface area contributed by atoms with Gasteiger partial charge in [-0.2, -0.15) is 0 Å². The second kappa shape index (κ2) is 3.81. The Balaban J connectivity index is 2.11. The van der Waals surface area contributed by atoms with Crippen LogP contribution in [-0.4, -0.2) is 58.5 Å². The lowest BCUT2D eigenvalue weighted by Gasteiger charge is -2.30. The van der Waals surface area contributed by atoms with Crippen LogP contribution in [0.15, 0.2) is 0 Å². The Labute approximate surface area is 90.8 Å². The molecule has 92 valence electrons. The summed E-state index contributed by atoms with van der Waals surface area (Å²) in [7, 11) is 0. The third-order valence-electron chi connectivity index (χ3n) is 3.07. The third-order valence-corrected chi connectivity index (χ3v) is 3.07. The average Bonchev–Trinajstić information content (AvgIpc) is 2.70. The lowest BCUT2D eigenvalue weighted by atomic mass is 9.91. The molecule has 2 fully saturated rings. The Morgan fingerprint density at radius 2 is 2.31 bits per heavy atom. The Hall–Kier alpha value is -0.960. The number of rotatable bonds is 3. The normalized spacial score (nSPS) is 44.1. The maximum atomic E-state index is 10.2. The molecule has 16 heavy (non-hydrogen) atoms. The van der Waals surface area contributed by atoms with Crippen molar-refractivity contribution in [3.05, 3.63) is 10.1 Å². The molecule has 5 atom stereocenters. The summed E-state index contributed by atoms with van der Waals surface area (Å²) in [4.78, 5) is 14.5. The fraction of sp³-hybridized carbons (Fsp3) is 1.00. The molecule has 1 unspecified atom stereocenters. The summed E-state index contributed by atoms with van der Waals surface area (Å²) >= 11 is 0. The van der Waals surface area contributed by atoms with E-state index in [2.05, 4.69) is 4.84 Å². The van der Waals surface area contributed by atoms with E-state index in [0.29, 0.717) is 0 Å². The Kier molecular flexibility index (Phi) is 2.74. The van der Waals surface area contributed by atoms with E-state index in [0.717, 1.165) is 0 Å². The molecule has 0 aliphatic carbocycles. The Morgan fingerprint density at radius 3 is 2.94 bits per heavy atom. The molecule has 2 rings (SSSR count). The second-order valence-electron chi connectivity index (χ2n) is 4.06. The summed E-state index contributed by atoms with van der Waals surface area (Å²) in [6.45, 7) is 1.25. The number of aliphatic hydroxyl groups excluding tert-OH is 1. The number of nitrogens with zero attached hydrogens (tertiary/aromatic N) is 1. The van der Waals surface area contributed by atoms with Crippen LogP contribution < -0.4 is 0 Å². The predicted octanol–water partition coefficient (Wildman–Crippen LogP) is -1.53. The zero-order valence-corrected chi connectivity index (χ0v) is 8.61. The SMILES string of the molecule is CC(O[N+](=O)[O-])[C@]1(O)CO[C@@H]2[C@@H](O)CO[C@@H]21. The lowest BCUT2D eigenvalue weighted by Crippen LogP contribution is -2.53. The van der Waals surface area contributed by atoms with Crippen molar-refractivity contribution in [2.75, 3.05) is 13.2 Å². The van der Waals surface area contributed by atoms with E-state index in [-0.39, 0.29) is 13.2 Å². The van der Waals surface area contributed by atoms with Gasteiger partial charge in [-0.1, -0.05) is 0 Å². The summed E-state index contributed by atoms with van der Waals surface area (Å²) in [5.41, 5.74) is -1.60. The molecular formula is C8H13NO7. The van der Waals surface area contributed by atoms with Gasteiger partial charge in [0, 0.05) is 0 Å². The molecule has 0 bridgehead atoms. The van der Waals surface area contributed by atoms with E-state index in [4.69, 9.17) is 9.47 Å². The highest BCUT2D eigenvalue weighted by Gasteiger charge is 2.59. The summed E-state index contributed by atoms with van der Waals surface area (Å²) < 4.78 is 10.4. The maximum absolute atomic E-state index is 10.2. The number of hydrogen-bond acceptors (Lipinski definition) is 7. The molecule has 0 saturated carbocycles. The van der Waals surface area contributed by atoms with Crippen LogP contribution >= 0.6 is 0 Å². The average molecular weight is 235 g/mol. The van der Waals surface area contributed by atoms with Gasteiger partial charge < -0.3 is 24.5 Å². The minimum Gasteiger partial charge on any atom is -0.388 e. The van der Waals surface area contributed by atoms with Crippen LogP contribution in [0.1, 0.15) is 6.92 Å². The quantitative estimate of drug-likeness (QED) is 0.451. The number of ether oxygens (including phenoxy) is 2. The first-order valence-corrected chi connectivity index (χ1v) is 4.90. The zero-order chi connectivity index (χ0) is 11.9. The van der Waals surface area contributed by atoms with Crippen LogP contribution in [0.2, 0.25) is 0 Å². The molecule has 2 saturated heterocycles. The summed E-state index contributed by atoms with van der Waals surface area (Å²) in [5.74, 6) is 0. The molecule has 8 nitrogen and oxygen atoms in total. The van der Waals surface area contributed by atoms with E-state index in [1.165, 1.54) is 6.92 Å². The van der Waals surface area contributed by atoms with E-state index in [1.807, 2.05) is 0 Å². The molecule has 2 N–H and O–H groups in total. The van der Waals surface area contributed by atoms with E-state index < -0.39 is 35.1 Å². The predicted molar refractivity (Wildman–Crippen MR) is 48.0 cm³/mol. The van der Waals surface area contributed by atoms with Crippen molar-refractivity contribution >= 4 is 0 Å². The van der Waals surface area contributed by atoms with Gasteiger partial charge in [-0.05, 0) is 6.92 Å². The van der Waals surface area contributed by atoms with Crippen LogP contribution in [0.25, 0.3) is 0 Å². The third kappa shape index (κ3) is 1.63. The van der Waals surface area contributed by atoms with Gasteiger partial charge in [0.15, 0.2) is 0 Å². The minimum atomic E-state index is -1.60. The van der Waals surface area contributed by atoms with Crippen LogP contribution in [0, 0.1) is 10.1 Å². The van der Waals surface area contributed by atoms with Crippen molar-refractivity contribution in [3.63, 3.8) is 0 Å². The van der Waals surface area contributed by atoms with Gasteiger partial charge >= 0.3 is 0 Å². The molecule has 2 heterocycles. The van der Waals surface area contributed by atoms with Crippen molar-refractivity contribution in [3.8, 4) is 0 Å². The molecule has 0 radical (unpaired) electrons. The number of aliphatic hydroxyl groups is 2. The first-order chi connectivity index (χ1) is 7.45. The minimum absolute atomic E-state index is 0.0445. The maximum Gasteiger partial charge on any atom is 0.294 e. The lowest BCUT2D eigenvalue weighted by molar-refractivity contribution is -0.772. The molecular weight excluding hydrogens is 222 g/mol. The highest BCUT2D eigenvalue weighted by molar-refractivity contribution is 5.06. The molecule has 2 aliphatic rings. The van der Waals surface area contributed by atoms with Gasteiger partial charge in [-0.15, -0.1) is 10.1 Å². The topological polar surface area (TPSA) is 111 Å². The highest BCUT2D eigenvalue weighted by Crippen LogP contribution is 2.37. The molecule has 0 amide bonds. The van der Waals surface area contributed by atoms with Gasteiger partial charge in [0.25, 0.3) is 5.09 Å². The van der Waals surface area contributed by atoms with E-state index >= 15 is 0 Å². The highest BCUT2D eigenvalue weighted by atomic mass is 17.0. The van der Waals surface area contributed by atoms with Crippen molar-refractivity contribution < 1.29 is 29.6 Å². The zero-order valence-electron chi connectivity index (χ0n) is 8.61. The second-order valence-corrected chi connectivity index (χ2v) is 4.06. The van der Waals surface area contributed by atoms with Crippen molar-refractivity contribution in [1.82, 2.24) is 0 Å². The Bertz CT molecular complexity index is 298. The van der Waals surface area contributed by atoms with Crippen LogP contribution in [0.5, 0.6) is 0 Å². The summed E-state index contributed by atoms with van der Waals surface area (Å²) in [5, 5.41) is 28.9. The van der Waals surface area contributed by atoms with Gasteiger partial charge in [0.2, 0.25) is 0 Å². The largest absolute Gasteiger partial charge is 0.388 e. The van der Waals surface area contributed by atoms with Gasteiger partial charge in [0.1, 0.15) is 30.0 Å². The number of hydrogen-bond donors (Lipinski definition) is 2. The first kappa shape index (κ1) is 11.5. The van der Waals surface area contributed by atoms with Crippen LogP contribution in [0.3, 0.4) is 0 Å². The van der Waals surface area contributed by atoms with Gasteiger partial charge in [0.05, 0.1) is 13.2 Å². The molecule has 8 heteroatoms. The number of fused-ring (bicyclic) bond motifs is 1. The summed E-state index contributed by atoms with van der Waals surface area (Å²) in [6.07, 6.45) is -3.34. The van der Waals surface area contributed by atoms with E-state index in [9.17, 15) is 20.3 Å². The first-order valence-electron chi connectivity index (χ1n) is 4.90. The van der Waals surface area contributed by atoms with Crippen molar-refractivity contribution in [2.45, 2.75) is 36.9 Å². The molecule has 0 aromatic rings. The molecule has 0 spiro atoms. The van der Waals surface area contributed by atoms with Gasteiger partial charge in [-0.25, -0.2) is 0 Å².